The van der Waals surface area contributed by atoms with Gasteiger partial charge < -0.3 is 9.84 Å². The van der Waals surface area contributed by atoms with Crippen LogP contribution in [0.3, 0.4) is 0 Å². The third-order valence-electron chi connectivity index (χ3n) is 5.06. The van der Waals surface area contributed by atoms with E-state index in [0.717, 1.165) is 23.1 Å². The van der Waals surface area contributed by atoms with E-state index in [1.54, 1.807) is 0 Å². The van der Waals surface area contributed by atoms with Crippen molar-refractivity contribution < 1.29 is 9.84 Å². The second kappa shape index (κ2) is 7.48. The van der Waals surface area contributed by atoms with Gasteiger partial charge >= 0.3 is 0 Å². The van der Waals surface area contributed by atoms with Crippen LogP contribution in [0.2, 0.25) is 0 Å². The van der Waals surface area contributed by atoms with Crippen LogP contribution in [-0.4, -0.2) is 20.9 Å². The number of benzene rings is 2. The average Bonchev–Trinajstić information content (AvgIpc) is 2.50. The number of phenolic OH excluding ortho intramolecular Hbond substituents is 1. The molecule has 26 heavy (non-hydrogen) atoms. The van der Waals surface area contributed by atoms with E-state index in [0.29, 0.717) is 5.75 Å². The number of hydrogen-bond donors (Lipinski definition) is 1. The Labute approximate surface area is 161 Å². The Bertz CT molecular complexity index is 780. The maximum absolute atomic E-state index is 10.5. The monoisotopic (exact) mass is 370 g/mol. The molecule has 0 amide bonds. The number of aromatic hydroxyl groups is 1. The molecule has 2 aromatic rings. The van der Waals surface area contributed by atoms with Gasteiger partial charge in [0.25, 0.3) is 0 Å². The Balaban J connectivity index is 2.30. The minimum Gasteiger partial charge on any atom is -0.508 e. The highest BCUT2D eigenvalue weighted by atomic mass is 28.2. The number of rotatable bonds is 4. The lowest BCUT2D eigenvalue weighted by atomic mass is 9.81. The zero-order valence-corrected chi connectivity index (χ0v) is 19.1. The second-order valence-corrected chi connectivity index (χ2v) is 11.0. The molecule has 0 unspecified atom stereocenters. The SMILES string of the molecule is Cc1cccc([SiH2]COc2cc(C(C)(C)C)c(O)cc2C(C)(C)C)c1C. The lowest BCUT2D eigenvalue weighted by molar-refractivity contribution is 0.365. The van der Waals surface area contributed by atoms with Crippen LogP contribution >= 0.6 is 0 Å². The molecule has 0 aromatic heterocycles. The number of ether oxygens (including phenoxy) is 1. The molecular weight excluding hydrogens is 336 g/mol. The number of hydrogen-bond acceptors (Lipinski definition) is 2. The quantitative estimate of drug-likeness (QED) is 0.807. The molecule has 142 valence electrons. The average molecular weight is 371 g/mol. The first kappa shape index (κ1) is 20.6. The molecule has 0 radical (unpaired) electrons. The fraction of sp³-hybridized carbons (Fsp3) is 0.478. The highest BCUT2D eigenvalue weighted by molar-refractivity contribution is 6.54. The summed E-state index contributed by atoms with van der Waals surface area (Å²) >= 11 is 0. The molecule has 0 atom stereocenters. The summed E-state index contributed by atoms with van der Waals surface area (Å²) in [6.45, 7) is 17.2. The largest absolute Gasteiger partial charge is 0.508 e. The molecule has 0 heterocycles. The summed E-state index contributed by atoms with van der Waals surface area (Å²) in [5.41, 5.74) is 4.56. The molecule has 2 aromatic carbocycles. The van der Waals surface area contributed by atoms with Gasteiger partial charge in [-0.15, -0.1) is 0 Å². The molecule has 0 aliphatic rings. The fourth-order valence-electron chi connectivity index (χ4n) is 3.23. The normalized spacial score (nSPS) is 12.8. The molecule has 0 aliphatic carbocycles. The van der Waals surface area contributed by atoms with Gasteiger partial charge in [0.05, 0.1) is 15.7 Å². The van der Waals surface area contributed by atoms with Gasteiger partial charge in [-0.05, 0) is 47.9 Å². The van der Waals surface area contributed by atoms with Crippen molar-refractivity contribution in [3.05, 3.63) is 52.6 Å². The smallest absolute Gasteiger partial charge is 0.123 e. The molecule has 2 rings (SSSR count). The molecule has 1 N–H and O–H groups in total. The highest BCUT2D eigenvalue weighted by Crippen LogP contribution is 2.40. The molecule has 0 saturated heterocycles. The summed E-state index contributed by atoms with van der Waals surface area (Å²) in [5, 5.41) is 12.0. The first-order chi connectivity index (χ1) is 11.9. The zero-order valence-electron chi connectivity index (χ0n) is 17.7. The lowest BCUT2D eigenvalue weighted by Crippen LogP contribution is -2.25. The van der Waals surface area contributed by atoms with E-state index in [-0.39, 0.29) is 10.8 Å². The summed E-state index contributed by atoms with van der Waals surface area (Å²) in [7, 11) is -0.506. The van der Waals surface area contributed by atoms with Gasteiger partial charge in [-0.1, -0.05) is 64.9 Å². The lowest BCUT2D eigenvalue weighted by Gasteiger charge is -2.27. The van der Waals surface area contributed by atoms with Crippen molar-refractivity contribution in [2.24, 2.45) is 0 Å². The Hall–Kier alpha value is -1.74. The van der Waals surface area contributed by atoms with E-state index in [9.17, 15) is 5.11 Å². The molecule has 3 heteroatoms. The number of aryl methyl sites for hydroxylation is 1. The van der Waals surface area contributed by atoms with Crippen LogP contribution in [0, 0.1) is 13.8 Å². The van der Waals surface area contributed by atoms with Crippen molar-refractivity contribution in [2.75, 3.05) is 6.23 Å². The van der Waals surface area contributed by atoms with E-state index >= 15 is 0 Å². The van der Waals surface area contributed by atoms with Crippen molar-refractivity contribution in [1.29, 1.82) is 0 Å². The van der Waals surface area contributed by atoms with Crippen LogP contribution in [0.25, 0.3) is 0 Å². The minimum absolute atomic E-state index is 0.0793. The van der Waals surface area contributed by atoms with Crippen LogP contribution in [0.4, 0.5) is 0 Å². The maximum Gasteiger partial charge on any atom is 0.123 e. The molecule has 0 aliphatic heterocycles. The standard InChI is InChI=1S/C23H34O2Si/c1-15-10-9-11-21(16(15)2)26-14-25-20-13-17(22(3,4)5)19(24)12-18(20)23(6,7)8/h9-13,24H,14,26H2,1-8H3. The van der Waals surface area contributed by atoms with Gasteiger partial charge in [0.2, 0.25) is 0 Å². The Morgan fingerprint density at radius 1 is 0.923 bits per heavy atom. The zero-order chi connectivity index (χ0) is 19.7. The molecule has 0 spiro atoms. The Morgan fingerprint density at radius 2 is 1.54 bits per heavy atom. The van der Waals surface area contributed by atoms with E-state index in [1.165, 1.54) is 16.3 Å². The molecular formula is C23H34O2Si. The van der Waals surface area contributed by atoms with Gasteiger partial charge in [0.1, 0.15) is 11.5 Å². The molecule has 0 bridgehead atoms. The minimum atomic E-state index is -0.506. The summed E-state index contributed by atoms with van der Waals surface area (Å²) in [6, 6.07) is 10.5. The first-order valence-corrected chi connectivity index (χ1v) is 11.2. The van der Waals surface area contributed by atoms with E-state index in [4.69, 9.17) is 4.74 Å². The van der Waals surface area contributed by atoms with Gasteiger partial charge in [0.15, 0.2) is 0 Å². The molecule has 0 fully saturated rings. The second-order valence-electron chi connectivity index (χ2n) is 9.32. The Morgan fingerprint density at radius 3 is 2.12 bits per heavy atom. The summed E-state index contributed by atoms with van der Waals surface area (Å²) in [5.74, 6) is 1.28. The topological polar surface area (TPSA) is 29.5 Å². The van der Waals surface area contributed by atoms with Crippen molar-refractivity contribution in [1.82, 2.24) is 0 Å². The fourth-order valence-corrected chi connectivity index (χ4v) is 4.73. The third kappa shape index (κ3) is 4.70. The number of phenols is 1. The van der Waals surface area contributed by atoms with Crippen LogP contribution in [0.15, 0.2) is 30.3 Å². The van der Waals surface area contributed by atoms with Crippen molar-refractivity contribution in [3.8, 4) is 11.5 Å². The summed E-state index contributed by atoms with van der Waals surface area (Å²) in [4.78, 5) is 0. The third-order valence-corrected chi connectivity index (χ3v) is 6.77. The maximum atomic E-state index is 10.5. The van der Waals surface area contributed by atoms with Crippen LogP contribution in [0.5, 0.6) is 11.5 Å². The van der Waals surface area contributed by atoms with Crippen LogP contribution in [0.1, 0.15) is 63.8 Å². The molecule has 2 nitrogen and oxygen atoms in total. The van der Waals surface area contributed by atoms with Crippen LogP contribution in [-0.2, 0) is 10.8 Å². The van der Waals surface area contributed by atoms with Crippen molar-refractivity contribution in [3.63, 3.8) is 0 Å². The summed E-state index contributed by atoms with van der Waals surface area (Å²) in [6.07, 6.45) is 0.766. The first-order valence-electron chi connectivity index (χ1n) is 9.47. The van der Waals surface area contributed by atoms with E-state index in [1.807, 2.05) is 12.1 Å². The highest BCUT2D eigenvalue weighted by Gasteiger charge is 2.25. The van der Waals surface area contributed by atoms with Gasteiger partial charge in [-0.2, -0.15) is 0 Å². The van der Waals surface area contributed by atoms with Gasteiger partial charge in [0, 0.05) is 11.1 Å². The molecule has 0 saturated carbocycles. The van der Waals surface area contributed by atoms with Gasteiger partial charge in [-0.3, -0.25) is 0 Å². The van der Waals surface area contributed by atoms with Gasteiger partial charge in [-0.25, -0.2) is 0 Å². The predicted molar refractivity (Wildman–Crippen MR) is 115 cm³/mol. The van der Waals surface area contributed by atoms with E-state index < -0.39 is 9.52 Å². The Kier molecular flexibility index (Phi) is 5.91. The van der Waals surface area contributed by atoms with Crippen molar-refractivity contribution in [2.45, 2.75) is 66.2 Å². The van der Waals surface area contributed by atoms with Crippen LogP contribution < -0.4 is 9.92 Å². The van der Waals surface area contributed by atoms with Crippen molar-refractivity contribution >= 4 is 14.7 Å². The summed E-state index contributed by atoms with van der Waals surface area (Å²) < 4.78 is 6.30. The van der Waals surface area contributed by atoms with E-state index in [2.05, 4.69) is 73.6 Å². The predicted octanol–water partition coefficient (Wildman–Crippen LogP) is 4.43.